The summed E-state index contributed by atoms with van der Waals surface area (Å²) in [5.74, 6) is 1.00. The fourth-order valence-electron chi connectivity index (χ4n) is 2.36. The van der Waals surface area contributed by atoms with Gasteiger partial charge in [0.15, 0.2) is 0 Å². The first kappa shape index (κ1) is 14.4. The highest BCUT2D eigenvalue weighted by Crippen LogP contribution is 2.02. The maximum absolute atomic E-state index is 4.01. The number of likely N-dealkylation sites (N-methyl/N-ethyl adjacent to an activating group) is 1. The van der Waals surface area contributed by atoms with Crippen LogP contribution in [0.1, 0.15) is 5.82 Å². The van der Waals surface area contributed by atoms with Crippen molar-refractivity contribution in [3.05, 3.63) is 12.2 Å². The summed E-state index contributed by atoms with van der Waals surface area (Å²) in [6.07, 6.45) is 1.82. The third-order valence-corrected chi connectivity index (χ3v) is 3.79. The molecule has 2 heterocycles. The summed E-state index contributed by atoms with van der Waals surface area (Å²) in [6, 6.07) is 0. The lowest BCUT2D eigenvalue weighted by Crippen LogP contribution is -2.48. The lowest BCUT2D eigenvalue weighted by molar-refractivity contribution is 0.122. The lowest BCUT2D eigenvalue weighted by Gasteiger charge is -2.35. The van der Waals surface area contributed by atoms with E-state index in [0.717, 1.165) is 25.5 Å². The molecule has 0 aromatic carbocycles. The molecule has 19 heavy (non-hydrogen) atoms. The van der Waals surface area contributed by atoms with Crippen molar-refractivity contribution in [2.45, 2.75) is 13.5 Å². The molecular formula is C13H26N6. The Bertz CT molecular complexity index is 367. The van der Waals surface area contributed by atoms with E-state index in [0.29, 0.717) is 0 Å². The van der Waals surface area contributed by atoms with E-state index in [1.165, 1.54) is 32.7 Å². The molecule has 1 fully saturated rings. The molecule has 108 valence electrons. The average molecular weight is 266 g/mol. The molecule has 2 rings (SSSR count). The zero-order chi connectivity index (χ0) is 13.7. The minimum Gasteiger partial charge on any atom is -0.317 e. The summed E-state index contributed by atoms with van der Waals surface area (Å²) in [4.78, 5) is 7.34. The highest BCUT2D eigenvalue weighted by Gasteiger charge is 2.16. The van der Waals surface area contributed by atoms with E-state index in [-0.39, 0.29) is 0 Å². The van der Waals surface area contributed by atoms with E-state index < -0.39 is 0 Å². The van der Waals surface area contributed by atoms with Crippen LogP contribution in [0.4, 0.5) is 0 Å². The Kier molecular flexibility index (Phi) is 5.30. The van der Waals surface area contributed by atoms with Gasteiger partial charge in [0.2, 0.25) is 0 Å². The molecule has 0 unspecified atom stereocenters. The summed E-state index contributed by atoms with van der Waals surface area (Å²) in [6.45, 7) is 11.2. The summed E-state index contributed by atoms with van der Waals surface area (Å²) in [5, 5.41) is 7.93. The number of hydrogen-bond acceptors (Lipinski definition) is 5. The van der Waals surface area contributed by atoms with Crippen molar-refractivity contribution in [1.82, 2.24) is 29.5 Å². The molecule has 0 spiro atoms. The van der Waals surface area contributed by atoms with Gasteiger partial charge in [0.1, 0.15) is 12.2 Å². The van der Waals surface area contributed by atoms with Crippen molar-refractivity contribution in [2.75, 3.05) is 59.9 Å². The van der Waals surface area contributed by atoms with Crippen molar-refractivity contribution in [3.63, 3.8) is 0 Å². The minimum atomic E-state index is 0.997. The van der Waals surface area contributed by atoms with Crippen LogP contribution in [0.2, 0.25) is 0 Å². The zero-order valence-corrected chi connectivity index (χ0v) is 12.4. The van der Waals surface area contributed by atoms with E-state index in [1.807, 2.05) is 13.3 Å². The standard InChI is InChI=1S/C13H26N6/c1-13-15-14-12-19(13)11-10-18-8-6-17(7-9-18)5-4-16(2)3/h12H,4-11H2,1-3H3. The number of nitrogens with zero attached hydrogens (tertiary/aromatic N) is 6. The van der Waals surface area contributed by atoms with E-state index in [2.05, 4.69) is 43.6 Å². The summed E-state index contributed by atoms with van der Waals surface area (Å²) >= 11 is 0. The van der Waals surface area contributed by atoms with Crippen LogP contribution >= 0.6 is 0 Å². The van der Waals surface area contributed by atoms with Gasteiger partial charge in [0.05, 0.1) is 0 Å². The molecule has 6 heteroatoms. The third-order valence-electron chi connectivity index (χ3n) is 3.79. The van der Waals surface area contributed by atoms with Gasteiger partial charge in [-0.3, -0.25) is 9.80 Å². The molecule has 1 aromatic rings. The Hall–Kier alpha value is -0.980. The summed E-state index contributed by atoms with van der Waals surface area (Å²) in [7, 11) is 4.27. The Morgan fingerprint density at radius 3 is 2.21 bits per heavy atom. The Balaban J connectivity index is 1.65. The number of rotatable bonds is 6. The average Bonchev–Trinajstić information content (AvgIpc) is 2.81. The molecule has 1 saturated heterocycles. The molecule has 0 saturated carbocycles. The van der Waals surface area contributed by atoms with E-state index >= 15 is 0 Å². The second kappa shape index (κ2) is 6.98. The number of aryl methyl sites for hydroxylation is 1. The molecule has 1 aromatic heterocycles. The third kappa shape index (κ3) is 4.56. The van der Waals surface area contributed by atoms with Gasteiger partial charge in [0, 0.05) is 52.4 Å². The molecule has 0 bridgehead atoms. The molecule has 6 nitrogen and oxygen atoms in total. The normalized spacial score (nSPS) is 18.3. The molecule has 0 radical (unpaired) electrons. The van der Waals surface area contributed by atoms with Gasteiger partial charge >= 0.3 is 0 Å². The number of aromatic nitrogens is 3. The fraction of sp³-hybridized carbons (Fsp3) is 0.846. The summed E-state index contributed by atoms with van der Waals surface area (Å²) < 4.78 is 2.12. The Morgan fingerprint density at radius 2 is 1.68 bits per heavy atom. The van der Waals surface area contributed by atoms with Gasteiger partial charge in [-0.25, -0.2) is 0 Å². The first-order chi connectivity index (χ1) is 9.15. The maximum Gasteiger partial charge on any atom is 0.129 e. The van der Waals surface area contributed by atoms with Crippen LogP contribution < -0.4 is 0 Å². The summed E-state index contributed by atoms with van der Waals surface area (Å²) in [5.41, 5.74) is 0. The SMILES string of the molecule is Cc1nncn1CCN1CCN(CCN(C)C)CC1. The molecule has 1 aliphatic rings. The molecule has 0 aliphatic carbocycles. The van der Waals surface area contributed by atoms with Gasteiger partial charge in [-0.1, -0.05) is 0 Å². The molecule has 0 amide bonds. The first-order valence-corrected chi connectivity index (χ1v) is 7.09. The van der Waals surface area contributed by atoms with Gasteiger partial charge in [-0.15, -0.1) is 10.2 Å². The molecule has 1 aliphatic heterocycles. The monoisotopic (exact) mass is 266 g/mol. The minimum absolute atomic E-state index is 0.997. The van der Waals surface area contributed by atoms with E-state index in [4.69, 9.17) is 0 Å². The quantitative estimate of drug-likeness (QED) is 0.711. The molecule has 0 N–H and O–H groups in total. The van der Waals surface area contributed by atoms with E-state index in [1.54, 1.807) is 0 Å². The van der Waals surface area contributed by atoms with Gasteiger partial charge in [-0.2, -0.15) is 0 Å². The first-order valence-electron chi connectivity index (χ1n) is 7.09. The van der Waals surface area contributed by atoms with Crippen molar-refractivity contribution in [1.29, 1.82) is 0 Å². The number of hydrogen-bond donors (Lipinski definition) is 0. The van der Waals surface area contributed by atoms with Crippen molar-refractivity contribution < 1.29 is 0 Å². The van der Waals surface area contributed by atoms with Crippen LogP contribution in [0.5, 0.6) is 0 Å². The van der Waals surface area contributed by atoms with Crippen molar-refractivity contribution in [2.24, 2.45) is 0 Å². The second-order valence-electron chi connectivity index (χ2n) is 5.56. The van der Waals surface area contributed by atoms with Crippen LogP contribution in [0, 0.1) is 6.92 Å². The maximum atomic E-state index is 4.01. The van der Waals surface area contributed by atoms with E-state index in [9.17, 15) is 0 Å². The van der Waals surface area contributed by atoms with Gasteiger partial charge < -0.3 is 9.47 Å². The second-order valence-corrected chi connectivity index (χ2v) is 5.56. The topological polar surface area (TPSA) is 40.4 Å². The van der Waals surface area contributed by atoms with Gasteiger partial charge in [0.25, 0.3) is 0 Å². The van der Waals surface area contributed by atoms with Gasteiger partial charge in [-0.05, 0) is 21.0 Å². The fourth-order valence-corrected chi connectivity index (χ4v) is 2.36. The van der Waals surface area contributed by atoms with Crippen LogP contribution in [0.3, 0.4) is 0 Å². The van der Waals surface area contributed by atoms with Crippen LogP contribution in [-0.2, 0) is 6.54 Å². The smallest absolute Gasteiger partial charge is 0.129 e. The highest BCUT2D eigenvalue weighted by molar-refractivity contribution is 4.81. The Morgan fingerprint density at radius 1 is 1.05 bits per heavy atom. The largest absolute Gasteiger partial charge is 0.317 e. The molecular weight excluding hydrogens is 240 g/mol. The van der Waals surface area contributed by atoms with Crippen molar-refractivity contribution in [3.8, 4) is 0 Å². The zero-order valence-electron chi connectivity index (χ0n) is 12.4. The predicted octanol–water partition coefficient (Wildman–Crippen LogP) is -0.234. The Labute approximate surface area is 116 Å². The lowest BCUT2D eigenvalue weighted by atomic mass is 10.3. The van der Waals surface area contributed by atoms with Crippen LogP contribution in [0.15, 0.2) is 6.33 Å². The van der Waals surface area contributed by atoms with Crippen LogP contribution in [0.25, 0.3) is 0 Å². The van der Waals surface area contributed by atoms with Crippen molar-refractivity contribution >= 4 is 0 Å². The van der Waals surface area contributed by atoms with Crippen LogP contribution in [-0.4, -0.2) is 89.4 Å². The predicted molar refractivity (Wildman–Crippen MR) is 76.2 cm³/mol. The highest BCUT2D eigenvalue weighted by atomic mass is 15.3. The molecule has 0 atom stereocenters. The number of piperazine rings is 1.